The van der Waals surface area contributed by atoms with Crippen LogP contribution in [0.3, 0.4) is 0 Å². The Labute approximate surface area is 123 Å². The molecule has 2 aromatic rings. The van der Waals surface area contributed by atoms with Crippen molar-refractivity contribution in [1.29, 1.82) is 5.26 Å². The molecule has 0 spiro atoms. The Morgan fingerprint density at radius 3 is 3.00 bits per heavy atom. The van der Waals surface area contributed by atoms with Crippen LogP contribution in [0, 0.1) is 18.3 Å². The van der Waals surface area contributed by atoms with E-state index in [1.54, 1.807) is 0 Å². The lowest BCUT2D eigenvalue weighted by atomic mass is 9.94. The summed E-state index contributed by atoms with van der Waals surface area (Å²) in [5.41, 5.74) is 3.99. The second-order valence-corrected chi connectivity index (χ2v) is 5.75. The zero-order valence-electron chi connectivity index (χ0n) is 12.1. The number of aryl methyl sites for hydroxylation is 2. The molecule has 4 nitrogen and oxygen atoms in total. The van der Waals surface area contributed by atoms with E-state index in [4.69, 9.17) is 5.26 Å². The number of fused-ring (bicyclic) bond motifs is 3. The minimum absolute atomic E-state index is 0.0779. The predicted molar refractivity (Wildman–Crippen MR) is 80.2 cm³/mol. The molecule has 1 aromatic carbocycles. The third-order valence-corrected chi connectivity index (χ3v) is 4.14. The molecule has 0 amide bonds. The van der Waals surface area contributed by atoms with Gasteiger partial charge in [-0.3, -0.25) is 4.79 Å². The largest absolute Gasteiger partial charge is 0.390 e. The number of aliphatic hydroxyl groups excluding tert-OH is 1. The third kappa shape index (κ3) is 2.34. The highest BCUT2D eigenvalue weighted by Gasteiger charge is 2.26. The molecule has 3 rings (SSSR count). The molecule has 0 radical (unpaired) electrons. The van der Waals surface area contributed by atoms with Gasteiger partial charge >= 0.3 is 0 Å². The molecule has 0 saturated heterocycles. The van der Waals surface area contributed by atoms with Crippen molar-refractivity contribution in [2.24, 2.45) is 0 Å². The Morgan fingerprint density at radius 2 is 2.24 bits per heavy atom. The molecule has 108 valence electrons. The summed E-state index contributed by atoms with van der Waals surface area (Å²) in [4.78, 5) is 12.3. The summed E-state index contributed by atoms with van der Waals surface area (Å²) in [6.45, 7) is 2.34. The Balaban J connectivity index is 2.20. The number of hydrogen-bond acceptors (Lipinski definition) is 3. The number of carbonyl (C=O) groups is 1. The number of hydrogen-bond donors (Lipinski definition) is 1. The first-order valence-electron chi connectivity index (χ1n) is 7.31. The smallest absolute Gasteiger partial charge is 0.179 e. The van der Waals surface area contributed by atoms with Gasteiger partial charge in [0.15, 0.2) is 5.78 Å². The standard InChI is InChI=1S/C17H18N2O2/c1-11-5-6-15-14(9-11)13-3-2-4-16(21)17(13)19(15)10-12(20)7-8-18/h5-6,9,12,20H,2-4,7,10H2,1H3. The van der Waals surface area contributed by atoms with Crippen LogP contribution in [0.5, 0.6) is 0 Å². The monoisotopic (exact) mass is 282 g/mol. The van der Waals surface area contributed by atoms with Crippen molar-refractivity contribution >= 4 is 16.7 Å². The number of aliphatic hydroxyl groups is 1. The summed E-state index contributed by atoms with van der Waals surface area (Å²) < 4.78 is 1.91. The first-order valence-corrected chi connectivity index (χ1v) is 7.31. The average Bonchev–Trinajstić information content (AvgIpc) is 2.74. The lowest BCUT2D eigenvalue weighted by Crippen LogP contribution is -2.21. The minimum atomic E-state index is -0.745. The molecule has 1 unspecified atom stereocenters. The molecule has 1 N–H and O–H groups in total. The van der Waals surface area contributed by atoms with E-state index in [0.717, 1.165) is 40.6 Å². The summed E-state index contributed by atoms with van der Waals surface area (Å²) in [7, 11) is 0. The van der Waals surface area contributed by atoms with E-state index in [2.05, 4.69) is 6.07 Å². The zero-order valence-corrected chi connectivity index (χ0v) is 12.1. The lowest BCUT2D eigenvalue weighted by Gasteiger charge is -2.16. The van der Waals surface area contributed by atoms with Gasteiger partial charge in [0, 0.05) is 17.3 Å². The zero-order chi connectivity index (χ0) is 15.0. The summed E-state index contributed by atoms with van der Waals surface area (Å²) in [6, 6.07) is 8.12. The number of nitriles is 1. The van der Waals surface area contributed by atoms with Gasteiger partial charge in [0.1, 0.15) is 0 Å². The van der Waals surface area contributed by atoms with Crippen LogP contribution in [0.2, 0.25) is 0 Å². The molecule has 0 aliphatic heterocycles. The van der Waals surface area contributed by atoms with E-state index in [1.165, 1.54) is 0 Å². The van der Waals surface area contributed by atoms with Gasteiger partial charge < -0.3 is 9.67 Å². The SMILES string of the molecule is Cc1ccc2c(c1)c1c(n2CC(O)CC#N)C(=O)CCC1. The number of nitrogens with zero attached hydrogens (tertiary/aromatic N) is 2. The van der Waals surface area contributed by atoms with Gasteiger partial charge in [0.05, 0.1) is 30.8 Å². The molecule has 1 heterocycles. The Hall–Kier alpha value is -2.12. The van der Waals surface area contributed by atoms with Crippen molar-refractivity contribution in [1.82, 2.24) is 4.57 Å². The lowest BCUT2D eigenvalue weighted by molar-refractivity contribution is 0.0957. The maximum atomic E-state index is 12.3. The van der Waals surface area contributed by atoms with Crippen molar-refractivity contribution in [3.05, 3.63) is 35.0 Å². The quantitative estimate of drug-likeness (QED) is 0.941. The van der Waals surface area contributed by atoms with Gasteiger partial charge in [-0.1, -0.05) is 11.6 Å². The highest BCUT2D eigenvalue weighted by atomic mass is 16.3. The molecule has 0 bridgehead atoms. The second-order valence-electron chi connectivity index (χ2n) is 5.75. The van der Waals surface area contributed by atoms with Crippen LogP contribution in [0.25, 0.3) is 10.9 Å². The van der Waals surface area contributed by atoms with Crippen LogP contribution in [0.4, 0.5) is 0 Å². The first-order chi connectivity index (χ1) is 10.1. The summed E-state index contributed by atoms with van der Waals surface area (Å²) in [6.07, 6.45) is 1.69. The van der Waals surface area contributed by atoms with E-state index in [1.807, 2.05) is 29.7 Å². The molecule has 21 heavy (non-hydrogen) atoms. The van der Waals surface area contributed by atoms with Crippen LogP contribution in [0.15, 0.2) is 18.2 Å². The number of Topliss-reactive ketones (excluding diaryl/α,β-unsaturated/α-hetero) is 1. The van der Waals surface area contributed by atoms with Gasteiger partial charge in [0.2, 0.25) is 0 Å². The third-order valence-electron chi connectivity index (χ3n) is 4.14. The normalized spacial score (nSPS) is 15.8. The van der Waals surface area contributed by atoms with E-state index >= 15 is 0 Å². The Bertz CT molecular complexity index is 752. The topological polar surface area (TPSA) is 66.0 Å². The van der Waals surface area contributed by atoms with Gasteiger partial charge in [0.25, 0.3) is 0 Å². The summed E-state index contributed by atoms with van der Waals surface area (Å²) in [5.74, 6) is 0.147. The highest BCUT2D eigenvalue weighted by Crippen LogP contribution is 2.33. The summed E-state index contributed by atoms with van der Waals surface area (Å²) >= 11 is 0. The van der Waals surface area contributed by atoms with Gasteiger partial charge in [-0.15, -0.1) is 0 Å². The van der Waals surface area contributed by atoms with Crippen LogP contribution in [0.1, 0.15) is 40.9 Å². The molecule has 1 aromatic heterocycles. The van der Waals surface area contributed by atoms with Crippen molar-refractivity contribution in [2.45, 2.75) is 45.3 Å². The minimum Gasteiger partial charge on any atom is -0.390 e. The summed E-state index contributed by atoms with van der Waals surface area (Å²) in [5, 5.41) is 19.8. The van der Waals surface area contributed by atoms with Crippen LogP contribution in [-0.2, 0) is 13.0 Å². The van der Waals surface area contributed by atoms with Crippen molar-refractivity contribution in [3.63, 3.8) is 0 Å². The van der Waals surface area contributed by atoms with E-state index in [0.29, 0.717) is 13.0 Å². The van der Waals surface area contributed by atoms with E-state index in [9.17, 15) is 9.90 Å². The fourth-order valence-electron chi connectivity index (χ4n) is 3.22. The number of benzene rings is 1. The van der Waals surface area contributed by atoms with Gasteiger partial charge in [-0.2, -0.15) is 5.26 Å². The Morgan fingerprint density at radius 1 is 1.43 bits per heavy atom. The molecule has 1 aliphatic rings. The number of ketones is 1. The average molecular weight is 282 g/mol. The first kappa shape index (κ1) is 13.8. The number of aromatic nitrogens is 1. The second kappa shape index (κ2) is 5.34. The molecule has 1 aliphatic carbocycles. The van der Waals surface area contributed by atoms with Crippen LogP contribution >= 0.6 is 0 Å². The number of rotatable bonds is 3. The fourth-order valence-corrected chi connectivity index (χ4v) is 3.22. The van der Waals surface area contributed by atoms with Crippen molar-refractivity contribution in [3.8, 4) is 6.07 Å². The van der Waals surface area contributed by atoms with E-state index in [-0.39, 0.29) is 12.2 Å². The van der Waals surface area contributed by atoms with Gasteiger partial charge in [-0.05, 0) is 37.5 Å². The van der Waals surface area contributed by atoms with Gasteiger partial charge in [-0.25, -0.2) is 0 Å². The molecule has 0 saturated carbocycles. The Kier molecular flexibility index (Phi) is 3.52. The van der Waals surface area contributed by atoms with Crippen molar-refractivity contribution < 1.29 is 9.90 Å². The molecular formula is C17H18N2O2. The molecule has 4 heteroatoms. The molecular weight excluding hydrogens is 264 g/mol. The fraction of sp³-hybridized carbons (Fsp3) is 0.412. The molecule has 0 fully saturated rings. The maximum absolute atomic E-state index is 12.3. The maximum Gasteiger partial charge on any atom is 0.179 e. The predicted octanol–water partition coefficient (Wildman–Crippen LogP) is 2.74. The highest BCUT2D eigenvalue weighted by molar-refractivity contribution is 6.04. The van der Waals surface area contributed by atoms with Crippen molar-refractivity contribution in [2.75, 3.05) is 0 Å². The molecule has 1 atom stereocenters. The van der Waals surface area contributed by atoms with Crippen LogP contribution in [-0.4, -0.2) is 21.6 Å². The number of carbonyl (C=O) groups excluding carboxylic acids is 1. The van der Waals surface area contributed by atoms with Crippen LogP contribution < -0.4 is 0 Å². The van der Waals surface area contributed by atoms with E-state index < -0.39 is 6.10 Å².